The molecule has 1 unspecified atom stereocenters. The molecule has 0 heterocycles. The van der Waals surface area contributed by atoms with Crippen LogP contribution in [0.2, 0.25) is 5.02 Å². The normalized spacial score (nSPS) is 12.5. The van der Waals surface area contributed by atoms with Gasteiger partial charge in [-0.3, -0.25) is 0 Å². The predicted molar refractivity (Wildman–Crippen MR) is 82.8 cm³/mol. The zero-order valence-electron chi connectivity index (χ0n) is 12.3. The van der Waals surface area contributed by atoms with Gasteiger partial charge in [-0.1, -0.05) is 42.3 Å². The van der Waals surface area contributed by atoms with Crippen LogP contribution in [0.4, 0.5) is 8.78 Å². The first kappa shape index (κ1) is 15.9. The van der Waals surface area contributed by atoms with E-state index in [2.05, 4.69) is 11.4 Å². The Hall–Kier alpha value is -1.45. The number of rotatable bonds is 4. The summed E-state index contributed by atoms with van der Waals surface area (Å²) in [6, 6.07) is 7.99. The molecule has 0 aromatic heterocycles. The maximum Gasteiger partial charge on any atom is 0.160 e. The lowest BCUT2D eigenvalue weighted by molar-refractivity contribution is 0.504. The van der Waals surface area contributed by atoms with Gasteiger partial charge in [0, 0.05) is 5.02 Å². The Kier molecular flexibility index (Phi) is 4.96. The molecule has 0 aliphatic heterocycles. The van der Waals surface area contributed by atoms with Crippen molar-refractivity contribution in [3.8, 4) is 0 Å². The highest BCUT2D eigenvalue weighted by Crippen LogP contribution is 2.32. The molecule has 1 atom stereocenters. The highest BCUT2D eigenvalue weighted by atomic mass is 35.5. The fraction of sp³-hybridized carbons (Fsp3) is 0.294. The summed E-state index contributed by atoms with van der Waals surface area (Å²) in [6.45, 7) is 6.67. The van der Waals surface area contributed by atoms with E-state index >= 15 is 0 Å². The Bertz CT molecular complexity index is 655. The summed E-state index contributed by atoms with van der Waals surface area (Å²) in [5.41, 5.74) is 3.80. The Morgan fingerprint density at radius 1 is 1.05 bits per heavy atom. The van der Waals surface area contributed by atoms with Crippen molar-refractivity contribution in [2.45, 2.75) is 26.8 Å². The maximum atomic E-state index is 13.6. The van der Waals surface area contributed by atoms with Gasteiger partial charge in [0.05, 0.1) is 6.04 Å². The van der Waals surface area contributed by atoms with Crippen LogP contribution in [0.1, 0.15) is 35.2 Å². The maximum absolute atomic E-state index is 13.6. The average Bonchev–Trinajstić information content (AvgIpc) is 2.41. The van der Waals surface area contributed by atoms with Crippen LogP contribution >= 0.6 is 11.6 Å². The van der Waals surface area contributed by atoms with E-state index in [-0.39, 0.29) is 11.1 Å². The van der Waals surface area contributed by atoms with E-state index in [0.717, 1.165) is 22.8 Å². The number of aryl methyl sites for hydroxylation is 2. The Labute approximate surface area is 128 Å². The molecule has 4 heteroatoms. The zero-order chi connectivity index (χ0) is 15.6. The molecule has 0 amide bonds. The van der Waals surface area contributed by atoms with E-state index in [4.69, 9.17) is 11.6 Å². The first-order chi connectivity index (χ1) is 9.93. The number of halogens is 3. The van der Waals surface area contributed by atoms with Crippen molar-refractivity contribution in [3.63, 3.8) is 0 Å². The Morgan fingerprint density at radius 2 is 1.71 bits per heavy atom. The lowest BCUT2D eigenvalue weighted by Gasteiger charge is -2.22. The van der Waals surface area contributed by atoms with Gasteiger partial charge in [-0.05, 0) is 49.2 Å². The molecule has 0 saturated carbocycles. The molecule has 2 aromatic carbocycles. The Balaban J connectivity index is 2.55. The molecule has 0 aliphatic carbocycles. The van der Waals surface area contributed by atoms with E-state index in [1.165, 1.54) is 6.07 Å². The molecule has 0 bridgehead atoms. The number of benzene rings is 2. The molecule has 0 fully saturated rings. The highest BCUT2D eigenvalue weighted by Gasteiger charge is 2.20. The minimum atomic E-state index is -0.931. The quantitative estimate of drug-likeness (QED) is 0.789. The van der Waals surface area contributed by atoms with Gasteiger partial charge in [-0.2, -0.15) is 0 Å². The SMILES string of the molecule is CCNC(c1ccc(C)cc1C)c1cc(F)c(F)cc1Cl. The van der Waals surface area contributed by atoms with Gasteiger partial charge < -0.3 is 5.32 Å². The van der Waals surface area contributed by atoms with Crippen LogP contribution in [0.25, 0.3) is 0 Å². The smallest absolute Gasteiger partial charge is 0.160 e. The molecule has 2 rings (SSSR count). The van der Waals surface area contributed by atoms with Crippen molar-refractivity contribution in [2.75, 3.05) is 6.54 Å². The first-order valence-electron chi connectivity index (χ1n) is 6.89. The fourth-order valence-electron chi connectivity index (χ4n) is 2.50. The predicted octanol–water partition coefficient (Wildman–Crippen LogP) is 4.93. The summed E-state index contributed by atoms with van der Waals surface area (Å²) in [5, 5.41) is 3.51. The summed E-state index contributed by atoms with van der Waals surface area (Å²) < 4.78 is 26.8. The van der Waals surface area contributed by atoms with Crippen molar-refractivity contribution in [1.29, 1.82) is 0 Å². The van der Waals surface area contributed by atoms with Crippen LogP contribution in [0.15, 0.2) is 30.3 Å². The molecule has 112 valence electrons. The fourth-order valence-corrected chi connectivity index (χ4v) is 2.76. The lowest BCUT2D eigenvalue weighted by Crippen LogP contribution is -2.23. The van der Waals surface area contributed by atoms with E-state index in [9.17, 15) is 8.78 Å². The third-order valence-electron chi connectivity index (χ3n) is 3.50. The standard InChI is InChI=1S/C17H18ClF2N/c1-4-21-17(12-6-5-10(2)7-11(12)3)13-8-15(19)16(20)9-14(13)18/h5-9,17,21H,4H2,1-3H3. The number of nitrogens with one attached hydrogen (secondary N) is 1. The second-order valence-electron chi connectivity index (χ2n) is 5.14. The van der Waals surface area contributed by atoms with Crippen LogP contribution in [0.3, 0.4) is 0 Å². The minimum absolute atomic E-state index is 0.222. The average molecular weight is 310 g/mol. The van der Waals surface area contributed by atoms with Gasteiger partial charge in [-0.25, -0.2) is 8.78 Å². The molecule has 0 radical (unpaired) electrons. The van der Waals surface area contributed by atoms with E-state index in [1.54, 1.807) is 0 Å². The topological polar surface area (TPSA) is 12.0 Å². The molecule has 0 aliphatic rings. The second-order valence-corrected chi connectivity index (χ2v) is 5.55. The molecular formula is C17H18ClF2N. The van der Waals surface area contributed by atoms with Gasteiger partial charge >= 0.3 is 0 Å². The van der Waals surface area contributed by atoms with E-state index < -0.39 is 11.6 Å². The van der Waals surface area contributed by atoms with Crippen LogP contribution < -0.4 is 5.32 Å². The molecule has 0 saturated heterocycles. The van der Waals surface area contributed by atoms with Gasteiger partial charge in [0.1, 0.15) is 0 Å². The third kappa shape index (κ3) is 3.42. The largest absolute Gasteiger partial charge is 0.306 e. The minimum Gasteiger partial charge on any atom is -0.306 e. The van der Waals surface area contributed by atoms with Crippen molar-refractivity contribution in [2.24, 2.45) is 0 Å². The lowest BCUT2D eigenvalue weighted by atomic mass is 9.93. The van der Waals surface area contributed by atoms with E-state index in [1.807, 2.05) is 32.9 Å². The summed E-state index contributed by atoms with van der Waals surface area (Å²) in [6.07, 6.45) is 0. The molecule has 1 nitrogen and oxygen atoms in total. The summed E-state index contributed by atoms with van der Waals surface area (Å²) in [5.74, 6) is -1.82. The van der Waals surface area contributed by atoms with Gasteiger partial charge in [0.15, 0.2) is 11.6 Å². The van der Waals surface area contributed by atoms with Crippen LogP contribution in [0.5, 0.6) is 0 Å². The molecule has 21 heavy (non-hydrogen) atoms. The second kappa shape index (κ2) is 6.54. The van der Waals surface area contributed by atoms with Gasteiger partial charge in [-0.15, -0.1) is 0 Å². The van der Waals surface area contributed by atoms with Crippen molar-refractivity contribution >= 4 is 11.6 Å². The monoisotopic (exact) mass is 309 g/mol. The first-order valence-corrected chi connectivity index (χ1v) is 7.26. The molecule has 2 aromatic rings. The number of hydrogen-bond donors (Lipinski definition) is 1. The molecular weight excluding hydrogens is 292 g/mol. The summed E-state index contributed by atoms with van der Waals surface area (Å²) in [4.78, 5) is 0. The summed E-state index contributed by atoms with van der Waals surface area (Å²) >= 11 is 6.12. The van der Waals surface area contributed by atoms with Crippen LogP contribution in [-0.2, 0) is 0 Å². The van der Waals surface area contributed by atoms with Crippen molar-refractivity contribution in [3.05, 3.63) is 69.2 Å². The third-order valence-corrected chi connectivity index (χ3v) is 3.82. The van der Waals surface area contributed by atoms with Crippen LogP contribution in [-0.4, -0.2) is 6.54 Å². The van der Waals surface area contributed by atoms with Gasteiger partial charge in [0.2, 0.25) is 0 Å². The van der Waals surface area contributed by atoms with Crippen molar-refractivity contribution in [1.82, 2.24) is 5.32 Å². The van der Waals surface area contributed by atoms with Crippen molar-refractivity contribution < 1.29 is 8.78 Å². The summed E-state index contributed by atoms with van der Waals surface area (Å²) in [7, 11) is 0. The zero-order valence-corrected chi connectivity index (χ0v) is 13.1. The molecule has 1 N–H and O–H groups in total. The Morgan fingerprint density at radius 3 is 2.33 bits per heavy atom. The highest BCUT2D eigenvalue weighted by molar-refractivity contribution is 6.31. The molecule has 0 spiro atoms. The van der Waals surface area contributed by atoms with E-state index in [0.29, 0.717) is 12.1 Å². The van der Waals surface area contributed by atoms with Crippen LogP contribution in [0, 0.1) is 25.5 Å². The van der Waals surface area contributed by atoms with Gasteiger partial charge in [0.25, 0.3) is 0 Å². The number of hydrogen-bond acceptors (Lipinski definition) is 1.